The average molecular weight is 305 g/mol. The second-order valence-corrected chi connectivity index (χ2v) is 6.35. The number of para-hydroxylation sites is 1. The van der Waals surface area contributed by atoms with Crippen LogP contribution in [0.5, 0.6) is 0 Å². The molecule has 0 bridgehead atoms. The zero-order valence-corrected chi connectivity index (χ0v) is 13.0. The second kappa shape index (κ2) is 6.69. The third kappa shape index (κ3) is 3.40. The highest BCUT2D eigenvalue weighted by atomic mass is 32.2. The van der Waals surface area contributed by atoms with Crippen LogP contribution in [-0.4, -0.2) is 27.0 Å². The fourth-order valence-corrected chi connectivity index (χ4v) is 3.46. The smallest absolute Gasteiger partial charge is 0.281 e. The lowest BCUT2D eigenvalue weighted by Gasteiger charge is -2.22. The first kappa shape index (κ1) is 15.5. The fraction of sp³-hybridized carbons (Fsp3) is 0.267. The zero-order chi connectivity index (χ0) is 15.3. The van der Waals surface area contributed by atoms with Crippen LogP contribution < -0.4 is 9.62 Å². The molecule has 0 fully saturated rings. The molecule has 0 aliphatic rings. The molecule has 0 saturated heterocycles. The summed E-state index contributed by atoms with van der Waals surface area (Å²) in [5.74, 6) is 0. The fourth-order valence-electron chi connectivity index (χ4n) is 2.07. The minimum atomic E-state index is -3.63. The molecule has 0 radical (unpaired) electrons. The number of nitrogens with zero attached hydrogens (tertiary/aromatic N) is 2. The Morgan fingerprint density at radius 3 is 2.38 bits per heavy atom. The van der Waals surface area contributed by atoms with Gasteiger partial charge >= 0.3 is 0 Å². The highest BCUT2D eigenvalue weighted by Crippen LogP contribution is 2.21. The van der Waals surface area contributed by atoms with Gasteiger partial charge < -0.3 is 5.32 Å². The van der Waals surface area contributed by atoms with Gasteiger partial charge in [0.25, 0.3) is 10.0 Å². The molecule has 21 heavy (non-hydrogen) atoms. The van der Waals surface area contributed by atoms with Gasteiger partial charge in [-0.25, -0.2) is 4.98 Å². The van der Waals surface area contributed by atoms with Gasteiger partial charge in [0.2, 0.25) is 0 Å². The molecule has 2 rings (SSSR count). The van der Waals surface area contributed by atoms with Crippen LogP contribution in [0.3, 0.4) is 0 Å². The van der Waals surface area contributed by atoms with Gasteiger partial charge in [-0.15, -0.1) is 0 Å². The van der Waals surface area contributed by atoms with E-state index in [-0.39, 0.29) is 5.03 Å². The van der Waals surface area contributed by atoms with Crippen molar-refractivity contribution < 1.29 is 8.42 Å². The van der Waals surface area contributed by atoms with Gasteiger partial charge in [0.05, 0.1) is 5.69 Å². The zero-order valence-electron chi connectivity index (χ0n) is 12.2. The maximum absolute atomic E-state index is 12.7. The first-order valence-electron chi connectivity index (χ1n) is 6.77. The number of aromatic nitrogens is 1. The number of nitrogens with one attached hydrogen (secondary N) is 1. The van der Waals surface area contributed by atoms with Gasteiger partial charge in [-0.3, -0.25) is 4.31 Å². The molecule has 0 aliphatic heterocycles. The molecular formula is C15H19N3O2S. The van der Waals surface area contributed by atoms with Crippen LogP contribution in [0.1, 0.15) is 12.5 Å². The topological polar surface area (TPSA) is 62.3 Å². The first-order chi connectivity index (χ1) is 10.1. The number of rotatable bonds is 6. The molecule has 1 aromatic carbocycles. The van der Waals surface area contributed by atoms with Crippen LogP contribution in [0, 0.1) is 0 Å². The summed E-state index contributed by atoms with van der Waals surface area (Å²) in [6.45, 7) is 2.82. The van der Waals surface area contributed by atoms with Crippen LogP contribution in [-0.2, 0) is 16.6 Å². The molecule has 0 saturated carbocycles. The van der Waals surface area contributed by atoms with Crippen LogP contribution >= 0.6 is 0 Å². The van der Waals surface area contributed by atoms with E-state index in [2.05, 4.69) is 10.3 Å². The number of hydrogen-bond acceptors (Lipinski definition) is 4. The standard InChI is InChI=1S/C15H19N3O2S/c1-3-18(14-7-5-4-6-8-14)21(19,20)15-10-9-13(11-16-2)12-17-15/h4-10,12,16H,3,11H2,1-2H3. The number of hydrogen-bond donors (Lipinski definition) is 1. The van der Waals surface area contributed by atoms with Crippen molar-refractivity contribution in [2.24, 2.45) is 0 Å². The molecule has 0 unspecified atom stereocenters. The molecule has 5 nitrogen and oxygen atoms in total. The van der Waals surface area contributed by atoms with Gasteiger partial charge in [0.1, 0.15) is 0 Å². The van der Waals surface area contributed by atoms with Crippen LogP contribution in [0.15, 0.2) is 53.7 Å². The van der Waals surface area contributed by atoms with E-state index in [9.17, 15) is 8.42 Å². The number of benzene rings is 1. The SMILES string of the molecule is CCN(c1ccccc1)S(=O)(=O)c1ccc(CNC)cn1. The Morgan fingerprint density at radius 1 is 1.14 bits per heavy atom. The highest BCUT2D eigenvalue weighted by molar-refractivity contribution is 7.92. The number of sulfonamides is 1. The van der Waals surface area contributed by atoms with Crippen LogP contribution in [0.4, 0.5) is 5.69 Å². The van der Waals surface area contributed by atoms with Crippen molar-refractivity contribution >= 4 is 15.7 Å². The van der Waals surface area contributed by atoms with Crippen LogP contribution in [0.25, 0.3) is 0 Å². The Labute approximate surface area is 125 Å². The third-order valence-electron chi connectivity index (χ3n) is 3.06. The maximum atomic E-state index is 12.7. The number of anilines is 1. The Kier molecular flexibility index (Phi) is 4.93. The van der Waals surface area contributed by atoms with E-state index in [1.165, 1.54) is 4.31 Å². The normalized spacial score (nSPS) is 11.3. The summed E-state index contributed by atoms with van der Waals surface area (Å²) in [4.78, 5) is 4.09. The Morgan fingerprint density at radius 2 is 1.86 bits per heavy atom. The summed E-state index contributed by atoms with van der Waals surface area (Å²) in [7, 11) is -1.80. The van der Waals surface area contributed by atoms with E-state index in [1.807, 2.05) is 25.2 Å². The predicted molar refractivity (Wildman–Crippen MR) is 83.6 cm³/mol. The molecule has 6 heteroatoms. The van der Waals surface area contributed by atoms with Crippen molar-refractivity contribution in [1.29, 1.82) is 0 Å². The average Bonchev–Trinajstić information content (AvgIpc) is 2.50. The largest absolute Gasteiger partial charge is 0.316 e. The summed E-state index contributed by atoms with van der Waals surface area (Å²) in [6, 6.07) is 12.4. The van der Waals surface area contributed by atoms with E-state index < -0.39 is 10.0 Å². The summed E-state index contributed by atoms with van der Waals surface area (Å²) in [6.07, 6.45) is 1.59. The molecule has 0 spiro atoms. The highest BCUT2D eigenvalue weighted by Gasteiger charge is 2.24. The molecule has 112 valence electrons. The molecule has 0 aliphatic carbocycles. The third-order valence-corrected chi connectivity index (χ3v) is 4.88. The van der Waals surface area contributed by atoms with Gasteiger partial charge in [-0.1, -0.05) is 24.3 Å². The summed E-state index contributed by atoms with van der Waals surface area (Å²) >= 11 is 0. The maximum Gasteiger partial charge on any atom is 0.281 e. The molecule has 2 aromatic rings. The lowest BCUT2D eigenvalue weighted by Crippen LogP contribution is -2.31. The van der Waals surface area contributed by atoms with Crippen molar-refractivity contribution in [3.05, 3.63) is 54.2 Å². The van der Waals surface area contributed by atoms with Gasteiger partial charge in [0.15, 0.2) is 5.03 Å². The van der Waals surface area contributed by atoms with Crippen LogP contribution in [0.2, 0.25) is 0 Å². The Bertz CT molecular complexity index is 670. The Balaban J connectivity index is 2.35. The lowest BCUT2D eigenvalue weighted by molar-refractivity contribution is 0.588. The molecule has 1 heterocycles. The monoisotopic (exact) mass is 305 g/mol. The van der Waals surface area contributed by atoms with Crippen molar-refractivity contribution in [3.63, 3.8) is 0 Å². The summed E-state index contributed by atoms with van der Waals surface area (Å²) in [5.41, 5.74) is 1.58. The van der Waals surface area contributed by atoms with E-state index in [0.717, 1.165) is 5.56 Å². The molecule has 1 aromatic heterocycles. The van der Waals surface area contributed by atoms with E-state index in [0.29, 0.717) is 18.8 Å². The van der Waals surface area contributed by atoms with E-state index in [1.54, 1.807) is 37.4 Å². The molecule has 1 N–H and O–H groups in total. The molecular weight excluding hydrogens is 286 g/mol. The first-order valence-corrected chi connectivity index (χ1v) is 8.21. The minimum absolute atomic E-state index is 0.0630. The van der Waals surface area contributed by atoms with Crippen molar-refractivity contribution in [1.82, 2.24) is 10.3 Å². The Hall–Kier alpha value is -1.92. The second-order valence-electron chi connectivity index (χ2n) is 4.54. The quantitative estimate of drug-likeness (QED) is 0.887. The number of pyridine rings is 1. The minimum Gasteiger partial charge on any atom is -0.316 e. The van der Waals surface area contributed by atoms with Gasteiger partial charge in [0, 0.05) is 19.3 Å². The van der Waals surface area contributed by atoms with Gasteiger partial charge in [-0.2, -0.15) is 8.42 Å². The predicted octanol–water partition coefficient (Wildman–Crippen LogP) is 2.02. The van der Waals surface area contributed by atoms with E-state index in [4.69, 9.17) is 0 Å². The van der Waals surface area contributed by atoms with Gasteiger partial charge in [-0.05, 0) is 37.7 Å². The van der Waals surface area contributed by atoms with Crippen molar-refractivity contribution in [2.75, 3.05) is 17.9 Å². The lowest BCUT2D eigenvalue weighted by atomic mass is 10.3. The molecule has 0 atom stereocenters. The van der Waals surface area contributed by atoms with Crippen molar-refractivity contribution in [2.45, 2.75) is 18.5 Å². The summed E-state index contributed by atoms with van der Waals surface area (Å²) in [5, 5.41) is 3.07. The van der Waals surface area contributed by atoms with Crippen molar-refractivity contribution in [3.8, 4) is 0 Å². The molecule has 0 amide bonds. The summed E-state index contributed by atoms with van der Waals surface area (Å²) < 4.78 is 26.7. The van der Waals surface area contributed by atoms with E-state index >= 15 is 0 Å².